The summed E-state index contributed by atoms with van der Waals surface area (Å²) in [5.74, 6) is 1.06. The van der Waals surface area contributed by atoms with Gasteiger partial charge in [-0.15, -0.1) is 10.2 Å². The van der Waals surface area contributed by atoms with Crippen LogP contribution in [0.25, 0.3) is 22.9 Å². The molecule has 0 spiro atoms. The molecular weight excluding hydrogens is 328 g/mol. The van der Waals surface area contributed by atoms with E-state index in [9.17, 15) is 4.79 Å². The van der Waals surface area contributed by atoms with Crippen LogP contribution in [0.4, 0.5) is 0 Å². The number of aromatic nitrogens is 2. The van der Waals surface area contributed by atoms with E-state index in [0.717, 1.165) is 16.7 Å². The molecule has 3 rings (SSSR count). The number of benzene rings is 2. The van der Waals surface area contributed by atoms with Crippen LogP contribution in [0.1, 0.15) is 38.8 Å². The first-order chi connectivity index (χ1) is 12.2. The summed E-state index contributed by atoms with van der Waals surface area (Å²) in [4.78, 5) is 11.1. The van der Waals surface area contributed by atoms with Crippen molar-refractivity contribution in [1.29, 1.82) is 0 Å². The Bertz CT molecular complexity index is 935. The minimum Gasteiger partial charge on any atom is -0.427 e. The van der Waals surface area contributed by atoms with Gasteiger partial charge in [-0.2, -0.15) is 0 Å². The zero-order valence-corrected chi connectivity index (χ0v) is 15.7. The standard InChI is InChI=1S/C21H22N2O3/c1-13-12-17(25-14(2)24)10-11-18(13)20-23-22-19(26-20)15-6-8-16(9-7-15)21(3,4)5/h6-12H,1-5H3. The van der Waals surface area contributed by atoms with Crippen molar-refractivity contribution in [3.63, 3.8) is 0 Å². The summed E-state index contributed by atoms with van der Waals surface area (Å²) in [6, 6.07) is 13.5. The van der Waals surface area contributed by atoms with Gasteiger partial charge in [-0.3, -0.25) is 4.79 Å². The number of aryl methyl sites for hydroxylation is 1. The highest BCUT2D eigenvalue weighted by atomic mass is 16.5. The highest BCUT2D eigenvalue weighted by Crippen LogP contribution is 2.30. The van der Waals surface area contributed by atoms with E-state index in [2.05, 4.69) is 43.1 Å². The average molecular weight is 350 g/mol. The Labute approximate surface area is 153 Å². The van der Waals surface area contributed by atoms with E-state index in [1.807, 2.05) is 25.1 Å². The largest absolute Gasteiger partial charge is 0.427 e. The third-order valence-electron chi connectivity index (χ3n) is 4.11. The fourth-order valence-electron chi connectivity index (χ4n) is 2.67. The summed E-state index contributed by atoms with van der Waals surface area (Å²) < 4.78 is 10.9. The Hall–Kier alpha value is -2.95. The first-order valence-corrected chi connectivity index (χ1v) is 8.48. The Morgan fingerprint density at radius 3 is 2.23 bits per heavy atom. The lowest BCUT2D eigenvalue weighted by molar-refractivity contribution is -0.131. The molecule has 134 valence electrons. The number of ether oxygens (including phenoxy) is 1. The predicted molar refractivity (Wildman–Crippen MR) is 99.9 cm³/mol. The Morgan fingerprint density at radius 1 is 1.00 bits per heavy atom. The van der Waals surface area contributed by atoms with E-state index < -0.39 is 0 Å². The van der Waals surface area contributed by atoms with E-state index in [1.165, 1.54) is 12.5 Å². The molecule has 0 radical (unpaired) electrons. The lowest BCUT2D eigenvalue weighted by atomic mass is 9.87. The van der Waals surface area contributed by atoms with Crippen LogP contribution in [-0.4, -0.2) is 16.2 Å². The van der Waals surface area contributed by atoms with Gasteiger partial charge in [0.2, 0.25) is 11.8 Å². The number of carbonyl (C=O) groups is 1. The molecule has 0 saturated heterocycles. The maximum absolute atomic E-state index is 11.1. The quantitative estimate of drug-likeness (QED) is 0.495. The molecular formula is C21H22N2O3. The summed E-state index contributed by atoms with van der Waals surface area (Å²) in [6.07, 6.45) is 0. The van der Waals surface area contributed by atoms with E-state index in [1.54, 1.807) is 12.1 Å². The number of hydrogen-bond donors (Lipinski definition) is 0. The second-order valence-corrected chi connectivity index (χ2v) is 7.31. The molecule has 0 N–H and O–H groups in total. The summed E-state index contributed by atoms with van der Waals surface area (Å²) in [5, 5.41) is 8.33. The highest BCUT2D eigenvalue weighted by molar-refractivity contribution is 5.70. The SMILES string of the molecule is CC(=O)Oc1ccc(-c2nnc(-c3ccc(C(C)(C)C)cc3)o2)c(C)c1. The molecule has 0 aliphatic heterocycles. The molecule has 0 bridgehead atoms. The molecule has 0 aliphatic carbocycles. The van der Waals surface area contributed by atoms with Gasteiger partial charge < -0.3 is 9.15 Å². The van der Waals surface area contributed by atoms with E-state index >= 15 is 0 Å². The lowest BCUT2D eigenvalue weighted by Crippen LogP contribution is -2.10. The van der Waals surface area contributed by atoms with Gasteiger partial charge in [-0.1, -0.05) is 32.9 Å². The van der Waals surface area contributed by atoms with Crippen molar-refractivity contribution < 1.29 is 13.9 Å². The Morgan fingerprint density at radius 2 is 1.65 bits per heavy atom. The molecule has 5 heteroatoms. The smallest absolute Gasteiger partial charge is 0.308 e. The number of nitrogens with zero attached hydrogens (tertiary/aromatic N) is 2. The first-order valence-electron chi connectivity index (χ1n) is 8.48. The highest BCUT2D eigenvalue weighted by Gasteiger charge is 2.16. The summed E-state index contributed by atoms with van der Waals surface area (Å²) in [7, 11) is 0. The molecule has 26 heavy (non-hydrogen) atoms. The number of rotatable bonds is 3. The van der Waals surface area contributed by atoms with Crippen LogP contribution in [-0.2, 0) is 10.2 Å². The van der Waals surface area contributed by atoms with Crippen LogP contribution in [0.15, 0.2) is 46.9 Å². The van der Waals surface area contributed by atoms with Crippen LogP contribution >= 0.6 is 0 Å². The minimum absolute atomic E-state index is 0.0966. The van der Waals surface area contributed by atoms with Crippen LogP contribution in [0.2, 0.25) is 0 Å². The molecule has 0 unspecified atom stereocenters. The maximum atomic E-state index is 11.1. The molecule has 0 amide bonds. The molecule has 0 fully saturated rings. The molecule has 3 aromatic rings. The number of carbonyl (C=O) groups excluding carboxylic acids is 1. The zero-order valence-electron chi connectivity index (χ0n) is 15.7. The maximum Gasteiger partial charge on any atom is 0.308 e. The lowest BCUT2D eigenvalue weighted by Gasteiger charge is -2.18. The normalized spacial score (nSPS) is 11.4. The third kappa shape index (κ3) is 3.82. The zero-order chi connectivity index (χ0) is 18.9. The molecule has 0 aliphatic rings. The van der Waals surface area contributed by atoms with E-state index in [-0.39, 0.29) is 11.4 Å². The molecule has 0 saturated carbocycles. The summed E-state index contributed by atoms with van der Waals surface area (Å²) in [6.45, 7) is 9.81. The van der Waals surface area contributed by atoms with Gasteiger partial charge in [-0.05, 0) is 53.8 Å². The van der Waals surface area contributed by atoms with Gasteiger partial charge in [-0.25, -0.2) is 0 Å². The summed E-state index contributed by atoms with van der Waals surface area (Å²) >= 11 is 0. The van der Waals surface area contributed by atoms with E-state index in [4.69, 9.17) is 9.15 Å². The molecule has 0 atom stereocenters. The summed E-state index contributed by atoms with van der Waals surface area (Å²) in [5.41, 5.74) is 3.93. The third-order valence-corrected chi connectivity index (χ3v) is 4.11. The van der Waals surface area contributed by atoms with Crippen LogP contribution in [0, 0.1) is 6.92 Å². The van der Waals surface area contributed by atoms with Crippen LogP contribution < -0.4 is 4.74 Å². The van der Waals surface area contributed by atoms with Gasteiger partial charge >= 0.3 is 5.97 Å². The molecule has 5 nitrogen and oxygen atoms in total. The second kappa shape index (κ2) is 6.75. The van der Waals surface area contributed by atoms with Crippen LogP contribution in [0.5, 0.6) is 5.75 Å². The van der Waals surface area contributed by atoms with Crippen LogP contribution in [0.3, 0.4) is 0 Å². The Kier molecular flexibility index (Phi) is 4.64. The van der Waals surface area contributed by atoms with Crippen molar-refractivity contribution in [2.24, 2.45) is 0 Å². The van der Waals surface area contributed by atoms with Gasteiger partial charge in [0.25, 0.3) is 0 Å². The fraction of sp³-hybridized carbons (Fsp3) is 0.286. The fourth-order valence-corrected chi connectivity index (χ4v) is 2.67. The predicted octanol–water partition coefficient (Wildman–Crippen LogP) is 4.93. The van der Waals surface area contributed by atoms with Gasteiger partial charge in [0.15, 0.2) is 0 Å². The first kappa shape index (κ1) is 17.9. The van der Waals surface area contributed by atoms with Gasteiger partial charge in [0.05, 0.1) is 0 Å². The molecule has 1 aromatic heterocycles. The monoisotopic (exact) mass is 350 g/mol. The van der Waals surface area contributed by atoms with E-state index in [0.29, 0.717) is 17.5 Å². The van der Waals surface area contributed by atoms with Crippen molar-refractivity contribution in [3.05, 3.63) is 53.6 Å². The number of hydrogen-bond acceptors (Lipinski definition) is 5. The van der Waals surface area contributed by atoms with Gasteiger partial charge in [0.1, 0.15) is 5.75 Å². The van der Waals surface area contributed by atoms with Gasteiger partial charge in [0, 0.05) is 18.1 Å². The van der Waals surface area contributed by atoms with Crippen molar-refractivity contribution in [3.8, 4) is 28.7 Å². The van der Waals surface area contributed by atoms with Crippen molar-refractivity contribution in [2.75, 3.05) is 0 Å². The molecule has 1 heterocycles. The second-order valence-electron chi connectivity index (χ2n) is 7.31. The van der Waals surface area contributed by atoms with Crippen molar-refractivity contribution in [2.45, 2.75) is 40.0 Å². The average Bonchev–Trinajstić information content (AvgIpc) is 3.03. The minimum atomic E-state index is -0.351. The van der Waals surface area contributed by atoms with Crippen molar-refractivity contribution >= 4 is 5.97 Å². The number of esters is 1. The molecule has 2 aromatic carbocycles. The Balaban J connectivity index is 1.87. The van der Waals surface area contributed by atoms with Crippen molar-refractivity contribution in [1.82, 2.24) is 10.2 Å². The topological polar surface area (TPSA) is 65.2 Å².